The lowest BCUT2D eigenvalue weighted by Gasteiger charge is -2.07. The monoisotopic (exact) mass is 357 g/mol. The molecule has 0 saturated heterocycles. The Morgan fingerprint density at radius 1 is 1.04 bits per heavy atom. The van der Waals surface area contributed by atoms with Gasteiger partial charge in [0.15, 0.2) is 0 Å². The molecule has 0 fully saturated rings. The molecule has 27 heavy (non-hydrogen) atoms. The summed E-state index contributed by atoms with van der Waals surface area (Å²) >= 11 is 0. The fourth-order valence-corrected chi connectivity index (χ4v) is 3.10. The molecular weight excluding hydrogens is 338 g/mol. The third-order valence-corrected chi connectivity index (χ3v) is 4.61. The molecule has 2 heterocycles. The fourth-order valence-electron chi connectivity index (χ4n) is 3.10. The van der Waals surface area contributed by atoms with Gasteiger partial charge < -0.3 is 0 Å². The molecule has 1 N–H and O–H groups in total. The highest BCUT2D eigenvalue weighted by Crippen LogP contribution is 2.20. The Balaban J connectivity index is 1.68. The lowest BCUT2D eigenvalue weighted by molar-refractivity contribution is 0.630. The first-order valence-corrected chi connectivity index (χ1v) is 8.63. The van der Waals surface area contributed by atoms with Gasteiger partial charge in [0, 0.05) is 24.3 Å². The van der Waals surface area contributed by atoms with Gasteiger partial charge in [0.05, 0.1) is 28.7 Å². The maximum Gasteiger partial charge on any atom is 0.280 e. The lowest BCUT2D eigenvalue weighted by atomic mass is 10.2. The van der Waals surface area contributed by atoms with Crippen LogP contribution in [0.2, 0.25) is 0 Å². The zero-order valence-corrected chi connectivity index (χ0v) is 15.1. The van der Waals surface area contributed by atoms with Crippen molar-refractivity contribution >= 4 is 22.8 Å². The van der Waals surface area contributed by atoms with Crippen LogP contribution < -0.4 is 11.0 Å². The summed E-state index contributed by atoms with van der Waals surface area (Å²) in [5, 5.41) is 5.32. The minimum Gasteiger partial charge on any atom is -0.285 e. The largest absolute Gasteiger partial charge is 0.285 e. The second kappa shape index (κ2) is 6.92. The average molecular weight is 357 g/mol. The highest BCUT2D eigenvalue weighted by molar-refractivity contribution is 5.90. The van der Waals surface area contributed by atoms with Crippen molar-refractivity contribution in [2.24, 2.45) is 12.1 Å². The Bertz CT molecular complexity index is 1180. The van der Waals surface area contributed by atoms with Crippen LogP contribution in [-0.2, 0) is 7.05 Å². The van der Waals surface area contributed by atoms with E-state index in [4.69, 9.17) is 0 Å². The van der Waals surface area contributed by atoms with Crippen molar-refractivity contribution < 1.29 is 0 Å². The van der Waals surface area contributed by atoms with Crippen LogP contribution in [0.25, 0.3) is 16.6 Å². The van der Waals surface area contributed by atoms with Gasteiger partial charge in [0.2, 0.25) is 0 Å². The molecule has 0 aliphatic heterocycles. The van der Waals surface area contributed by atoms with Crippen molar-refractivity contribution in [3.05, 3.63) is 88.5 Å². The summed E-state index contributed by atoms with van der Waals surface area (Å²) in [5.41, 5.74) is 6.73. The Morgan fingerprint density at radius 2 is 1.81 bits per heavy atom. The van der Waals surface area contributed by atoms with E-state index >= 15 is 0 Å². The first-order chi connectivity index (χ1) is 13.2. The van der Waals surface area contributed by atoms with Crippen LogP contribution in [0, 0.1) is 6.92 Å². The van der Waals surface area contributed by atoms with E-state index in [-0.39, 0.29) is 5.56 Å². The van der Waals surface area contributed by atoms with Crippen LogP contribution in [0.15, 0.2) is 76.8 Å². The van der Waals surface area contributed by atoms with E-state index in [1.54, 1.807) is 17.1 Å². The number of hydrazone groups is 1. The SMILES string of the molecule is Cc1c(/C=N/Nc2cccc3cccnc23)c(=O)n(-c2ccccc2)n1C. The Hall–Kier alpha value is -3.67. The molecule has 0 aliphatic carbocycles. The number of hydrogen-bond acceptors (Lipinski definition) is 4. The molecule has 134 valence electrons. The van der Waals surface area contributed by atoms with E-state index in [2.05, 4.69) is 15.5 Å². The third kappa shape index (κ3) is 3.01. The van der Waals surface area contributed by atoms with Gasteiger partial charge in [-0.25, -0.2) is 4.68 Å². The molecule has 2 aromatic carbocycles. The van der Waals surface area contributed by atoms with E-state index in [0.29, 0.717) is 5.56 Å². The third-order valence-electron chi connectivity index (χ3n) is 4.61. The van der Waals surface area contributed by atoms with E-state index in [9.17, 15) is 4.79 Å². The molecule has 2 aromatic heterocycles. The second-order valence-electron chi connectivity index (χ2n) is 6.23. The van der Waals surface area contributed by atoms with Crippen LogP contribution in [-0.4, -0.2) is 20.6 Å². The summed E-state index contributed by atoms with van der Waals surface area (Å²) in [6.07, 6.45) is 3.32. The molecule has 4 rings (SSSR count). The number of aromatic nitrogens is 3. The normalized spacial score (nSPS) is 11.3. The van der Waals surface area contributed by atoms with Gasteiger partial charge >= 0.3 is 0 Å². The van der Waals surface area contributed by atoms with Gasteiger partial charge in [-0.05, 0) is 31.2 Å². The Morgan fingerprint density at radius 3 is 2.63 bits per heavy atom. The predicted molar refractivity (Wildman–Crippen MR) is 109 cm³/mol. The number of benzene rings is 2. The van der Waals surface area contributed by atoms with Gasteiger partial charge in [0.25, 0.3) is 5.56 Å². The van der Waals surface area contributed by atoms with Crippen LogP contribution in [0.5, 0.6) is 0 Å². The number of anilines is 1. The number of fused-ring (bicyclic) bond motifs is 1. The zero-order valence-electron chi connectivity index (χ0n) is 15.1. The van der Waals surface area contributed by atoms with E-state index in [1.807, 2.05) is 79.3 Å². The zero-order chi connectivity index (χ0) is 18.8. The summed E-state index contributed by atoms with van der Waals surface area (Å²) in [7, 11) is 1.86. The maximum atomic E-state index is 12.9. The molecule has 0 aliphatic rings. The molecule has 0 saturated carbocycles. The molecule has 6 heteroatoms. The molecule has 0 amide bonds. The van der Waals surface area contributed by atoms with E-state index in [1.165, 1.54) is 0 Å². The summed E-state index contributed by atoms with van der Waals surface area (Å²) in [6.45, 7) is 1.90. The number of para-hydroxylation sites is 2. The average Bonchev–Trinajstić information content (AvgIpc) is 2.92. The van der Waals surface area contributed by atoms with Gasteiger partial charge in [-0.2, -0.15) is 5.10 Å². The minimum absolute atomic E-state index is 0.109. The van der Waals surface area contributed by atoms with Crippen molar-refractivity contribution in [1.82, 2.24) is 14.3 Å². The van der Waals surface area contributed by atoms with E-state index < -0.39 is 0 Å². The van der Waals surface area contributed by atoms with Crippen LogP contribution in [0.4, 0.5) is 5.69 Å². The first-order valence-electron chi connectivity index (χ1n) is 8.63. The van der Waals surface area contributed by atoms with Gasteiger partial charge in [0.1, 0.15) is 0 Å². The summed E-state index contributed by atoms with van der Waals surface area (Å²) in [6, 6.07) is 19.3. The molecule has 0 radical (unpaired) electrons. The minimum atomic E-state index is -0.109. The first kappa shape index (κ1) is 16.8. The second-order valence-corrected chi connectivity index (χ2v) is 6.23. The van der Waals surface area contributed by atoms with Gasteiger partial charge in [-0.15, -0.1) is 0 Å². The van der Waals surface area contributed by atoms with Crippen molar-refractivity contribution in [2.75, 3.05) is 5.43 Å². The maximum absolute atomic E-state index is 12.9. The predicted octanol–water partition coefficient (Wildman–Crippen LogP) is 3.48. The van der Waals surface area contributed by atoms with Crippen molar-refractivity contribution in [3.63, 3.8) is 0 Å². The molecule has 0 spiro atoms. The van der Waals surface area contributed by atoms with Crippen molar-refractivity contribution in [3.8, 4) is 5.69 Å². The van der Waals surface area contributed by atoms with Crippen LogP contribution in [0.1, 0.15) is 11.3 Å². The number of nitrogens with zero attached hydrogens (tertiary/aromatic N) is 4. The summed E-state index contributed by atoms with van der Waals surface area (Å²) in [5.74, 6) is 0. The topological polar surface area (TPSA) is 64.2 Å². The molecule has 4 aromatic rings. The molecule has 0 unspecified atom stereocenters. The van der Waals surface area contributed by atoms with E-state index in [0.717, 1.165) is 28.0 Å². The smallest absolute Gasteiger partial charge is 0.280 e. The van der Waals surface area contributed by atoms with Gasteiger partial charge in [-0.3, -0.25) is 19.9 Å². The Labute approximate surface area is 156 Å². The number of nitrogens with one attached hydrogen (secondary N) is 1. The Kier molecular flexibility index (Phi) is 4.30. The highest BCUT2D eigenvalue weighted by atomic mass is 16.1. The molecule has 6 nitrogen and oxygen atoms in total. The standard InChI is InChI=1S/C21H19N5O/c1-15-18(21(27)26(25(15)2)17-10-4-3-5-11-17)14-23-24-19-12-6-8-16-9-7-13-22-20(16)19/h3-14,24H,1-2H3/b23-14+. The summed E-state index contributed by atoms with van der Waals surface area (Å²) in [4.78, 5) is 17.3. The quantitative estimate of drug-likeness (QED) is 0.449. The van der Waals surface area contributed by atoms with Crippen molar-refractivity contribution in [2.45, 2.75) is 6.92 Å². The van der Waals surface area contributed by atoms with Crippen LogP contribution >= 0.6 is 0 Å². The molecule has 0 bridgehead atoms. The van der Waals surface area contributed by atoms with Gasteiger partial charge in [-0.1, -0.05) is 36.4 Å². The van der Waals surface area contributed by atoms with Crippen molar-refractivity contribution in [1.29, 1.82) is 0 Å². The molecule has 0 atom stereocenters. The lowest BCUT2D eigenvalue weighted by Crippen LogP contribution is -2.20. The number of pyridine rings is 1. The fraction of sp³-hybridized carbons (Fsp3) is 0.0952. The summed E-state index contributed by atoms with van der Waals surface area (Å²) < 4.78 is 3.47. The number of hydrogen-bond donors (Lipinski definition) is 1. The number of rotatable bonds is 4. The van der Waals surface area contributed by atoms with Crippen LogP contribution in [0.3, 0.4) is 0 Å². The highest BCUT2D eigenvalue weighted by Gasteiger charge is 2.14. The molecular formula is C21H19N5O.